The summed E-state index contributed by atoms with van der Waals surface area (Å²) in [5.74, 6) is 0.412. The van der Waals surface area contributed by atoms with Crippen LogP contribution in [-0.2, 0) is 6.42 Å². The summed E-state index contributed by atoms with van der Waals surface area (Å²) >= 11 is 0. The van der Waals surface area contributed by atoms with Gasteiger partial charge >= 0.3 is 6.09 Å². The molecule has 2 aromatic heterocycles. The standard InChI is InChI=1S/C14H14N4O3/c1-8-11-9(5-7-18(8)14(20)21)16-12(17-13(11)19)10-4-2-3-6-15-10/h2-4,6,8H,5,7H2,1H3,(H,20,21)(H,16,17,19). The largest absolute Gasteiger partial charge is 0.465 e. The summed E-state index contributed by atoms with van der Waals surface area (Å²) in [4.78, 5) is 36.0. The molecule has 0 bridgehead atoms. The van der Waals surface area contributed by atoms with Gasteiger partial charge < -0.3 is 15.0 Å². The van der Waals surface area contributed by atoms with E-state index in [1.165, 1.54) is 4.90 Å². The number of aromatic amines is 1. The number of amides is 1. The van der Waals surface area contributed by atoms with Gasteiger partial charge in [0.15, 0.2) is 5.82 Å². The normalized spacial score (nSPS) is 17.4. The van der Waals surface area contributed by atoms with Crippen molar-refractivity contribution in [2.75, 3.05) is 6.54 Å². The maximum atomic E-state index is 12.3. The number of nitrogens with one attached hydrogen (secondary N) is 1. The number of hydrogen-bond acceptors (Lipinski definition) is 4. The minimum absolute atomic E-state index is 0.306. The second-order valence-electron chi connectivity index (χ2n) is 4.89. The zero-order valence-electron chi connectivity index (χ0n) is 11.4. The SMILES string of the molecule is CC1c2c(nc(-c3ccccn3)[nH]c2=O)CCN1C(=O)O. The Morgan fingerprint density at radius 2 is 2.29 bits per heavy atom. The molecule has 0 spiro atoms. The van der Waals surface area contributed by atoms with Crippen molar-refractivity contribution in [1.82, 2.24) is 19.9 Å². The smallest absolute Gasteiger partial charge is 0.407 e. The van der Waals surface area contributed by atoms with Gasteiger partial charge in [0.2, 0.25) is 0 Å². The monoisotopic (exact) mass is 286 g/mol. The fourth-order valence-electron chi connectivity index (χ4n) is 2.61. The maximum Gasteiger partial charge on any atom is 0.407 e. The first-order chi connectivity index (χ1) is 10.1. The molecule has 7 nitrogen and oxygen atoms in total. The summed E-state index contributed by atoms with van der Waals surface area (Å²) in [7, 11) is 0. The van der Waals surface area contributed by atoms with Crippen LogP contribution in [0.2, 0.25) is 0 Å². The second kappa shape index (κ2) is 5.01. The van der Waals surface area contributed by atoms with Crippen LogP contribution in [0.5, 0.6) is 0 Å². The van der Waals surface area contributed by atoms with Gasteiger partial charge in [0.05, 0.1) is 17.3 Å². The summed E-state index contributed by atoms with van der Waals surface area (Å²) < 4.78 is 0. The molecule has 1 atom stereocenters. The highest BCUT2D eigenvalue weighted by Gasteiger charge is 2.31. The van der Waals surface area contributed by atoms with E-state index in [2.05, 4.69) is 15.0 Å². The van der Waals surface area contributed by atoms with Crippen molar-refractivity contribution in [3.05, 3.63) is 46.0 Å². The van der Waals surface area contributed by atoms with Crippen molar-refractivity contribution in [2.24, 2.45) is 0 Å². The molecule has 0 fully saturated rings. The first-order valence-electron chi connectivity index (χ1n) is 6.62. The van der Waals surface area contributed by atoms with Crippen molar-refractivity contribution >= 4 is 6.09 Å². The van der Waals surface area contributed by atoms with Gasteiger partial charge in [-0.05, 0) is 19.1 Å². The van der Waals surface area contributed by atoms with E-state index in [1.54, 1.807) is 25.3 Å². The first kappa shape index (κ1) is 13.3. The molecule has 0 saturated carbocycles. The number of nitrogens with zero attached hydrogens (tertiary/aromatic N) is 3. The predicted molar refractivity (Wildman–Crippen MR) is 74.9 cm³/mol. The third-order valence-corrected chi connectivity index (χ3v) is 3.66. The fourth-order valence-corrected chi connectivity index (χ4v) is 2.61. The van der Waals surface area contributed by atoms with Gasteiger partial charge in [-0.1, -0.05) is 6.07 Å². The number of fused-ring (bicyclic) bond motifs is 1. The number of H-pyrrole nitrogens is 1. The van der Waals surface area contributed by atoms with Crippen LogP contribution >= 0.6 is 0 Å². The number of hydrogen-bond donors (Lipinski definition) is 2. The summed E-state index contributed by atoms with van der Waals surface area (Å²) in [5.41, 5.74) is 1.34. The molecule has 108 valence electrons. The first-order valence-corrected chi connectivity index (χ1v) is 6.62. The topological polar surface area (TPSA) is 99.2 Å². The fraction of sp³-hybridized carbons (Fsp3) is 0.286. The lowest BCUT2D eigenvalue weighted by atomic mass is 9.99. The number of pyridine rings is 1. The highest BCUT2D eigenvalue weighted by molar-refractivity contribution is 5.66. The molecule has 7 heteroatoms. The molecule has 2 aromatic rings. The lowest BCUT2D eigenvalue weighted by Gasteiger charge is -2.31. The van der Waals surface area contributed by atoms with Crippen molar-refractivity contribution in [2.45, 2.75) is 19.4 Å². The van der Waals surface area contributed by atoms with Gasteiger partial charge in [-0.2, -0.15) is 0 Å². The minimum Gasteiger partial charge on any atom is -0.465 e. The molecular formula is C14H14N4O3. The van der Waals surface area contributed by atoms with Gasteiger partial charge in [-0.15, -0.1) is 0 Å². The van der Waals surface area contributed by atoms with Gasteiger partial charge in [0.1, 0.15) is 5.69 Å². The molecule has 0 aliphatic carbocycles. The zero-order valence-corrected chi connectivity index (χ0v) is 11.4. The Kier molecular flexibility index (Phi) is 3.17. The lowest BCUT2D eigenvalue weighted by Crippen LogP contribution is -2.41. The van der Waals surface area contributed by atoms with E-state index in [0.29, 0.717) is 35.7 Å². The minimum atomic E-state index is -1.03. The van der Waals surface area contributed by atoms with E-state index in [4.69, 9.17) is 5.11 Å². The van der Waals surface area contributed by atoms with Gasteiger partial charge in [-0.25, -0.2) is 9.78 Å². The summed E-state index contributed by atoms with van der Waals surface area (Å²) in [6.45, 7) is 2.03. The third kappa shape index (κ3) is 2.26. The maximum absolute atomic E-state index is 12.3. The van der Waals surface area contributed by atoms with Crippen LogP contribution in [0.4, 0.5) is 4.79 Å². The summed E-state index contributed by atoms with van der Waals surface area (Å²) in [5, 5.41) is 9.14. The van der Waals surface area contributed by atoms with Crippen LogP contribution in [0, 0.1) is 0 Å². The molecule has 1 aliphatic heterocycles. The van der Waals surface area contributed by atoms with E-state index in [-0.39, 0.29) is 5.56 Å². The molecule has 3 rings (SSSR count). The predicted octanol–water partition coefficient (Wildman–Crippen LogP) is 1.43. The highest BCUT2D eigenvalue weighted by atomic mass is 16.4. The Balaban J connectivity index is 2.09. The summed E-state index contributed by atoms with van der Waals surface area (Å²) in [6, 6.07) is 4.87. The van der Waals surface area contributed by atoms with Gasteiger partial charge in [0, 0.05) is 19.2 Å². The molecule has 21 heavy (non-hydrogen) atoms. The van der Waals surface area contributed by atoms with E-state index in [0.717, 1.165) is 0 Å². The number of aromatic nitrogens is 3. The quantitative estimate of drug-likeness (QED) is 0.826. The number of rotatable bonds is 1. The van der Waals surface area contributed by atoms with Gasteiger partial charge in [-0.3, -0.25) is 9.78 Å². The van der Waals surface area contributed by atoms with Crippen LogP contribution < -0.4 is 5.56 Å². The molecular weight excluding hydrogens is 272 g/mol. The average molecular weight is 286 g/mol. The second-order valence-corrected chi connectivity index (χ2v) is 4.89. The van der Waals surface area contributed by atoms with E-state index < -0.39 is 12.1 Å². The van der Waals surface area contributed by atoms with Crippen molar-refractivity contribution < 1.29 is 9.90 Å². The lowest BCUT2D eigenvalue weighted by molar-refractivity contribution is 0.123. The molecule has 3 heterocycles. The van der Waals surface area contributed by atoms with Crippen LogP contribution in [0.15, 0.2) is 29.2 Å². The van der Waals surface area contributed by atoms with Crippen molar-refractivity contribution in [3.8, 4) is 11.5 Å². The zero-order chi connectivity index (χ0) is 15.0. The van der Waals surface area contributed by atoms with Crippen LogP contribution in [0.3, 0.4) is 0 Å². The van der Waals surface area contributed by atoms with Gasteiger partial charge in [0.25, 0.3) is 5.56 Å². The molecule has 0 radical (unpaired) electrons. The molecule has 2 N–H and O–H groups in total. The van der Waals surface area contributed by atoms with Crippen LogP contribution in [0.1, 0.15) is 24.2 Å². The molecule has 0 aromatic carbocycles. The third-order valence-electron chi connectivity index (χ3n) is 3.66. The summed E-state index contributed by atoms with van der Waals surface area (Å²) in [6.07, 6.45) is 1.03. The number of carboxylic acid groups (broad SMARTS) is 1. The Morgan fingerprint density at radius 3 is 2.95 bits per heavy atom. The van der Waals surface area contributed by atoms with Crippen molar-refractivity contribution in [1.29, 1.82) is 0 Å². The van der Waals surface area contributed by atoms with Crippen LogP contribution in [-0.4, -0.2) is 37.6 Å². The van der Waals surface area contributed by atoms with Crippen molar-refractivity contribution in [3.63, 3.8) is 0 Å². The molecule has 1 amide bonds. The van der Waals surface area contributed by atoms with E-state index in [1.807, 2.05) is 6.07 Å². The molecule has 1 aliphatic rings. The Hall–Kier alpha value is -2.70. The van der Waals surface area contributed by atoms with E-state index in [9.17, 15) is 9.59 Å². The molecule has 0 saturated heterocycles. The average Bonchev–Trinajstić information content (AvgIpc) is 2.47. The van der Waals surface area contributed by atoms with Crippen LogP contribution in [0.25, 0.3) is 11.5 Å². The highest BCUT2D eigenvalue weighted by Crippen LogP contribution is 2.26. The van der Waals surface area contributed by atoms with E-state index >= 15 is 0 Å². The Labute approximate surface area is 120 Å². The Bertz CT molecular complexity index is 742. The molecule has 1 unspecified atom stereocenters. The Morgan fingerprint density at radius 1 is 1.48 bits per heavy atom. The number of carbonyl (C=O) groups is 1.